The number of nitrogens with zero attached hydrogens (tertiary/aromatic N) is 2. The molecule has 0 fully saturated rings. The summed E-state index contributed by atoms with van der Waals surface area (Å²) in [4.78, 5) is 19.7. The molecule has 0 aliphatic carbocycles. The van der Waals surface area contributed by atoms with Gasteiger partial charge in [0.25, 0.3) is 0 Å². The Hall–Kier alpha value is -3.12. The zero-order valence-electron chi connectivity index (χ0n) is 17.1. The number of amides is 1. The fourth-order valence-electron chi connectivity index (χ4n) is 3.27. The van der Waals surface area contributed by atoms with Crippen molar-refractivity contribution in [3.63, 3.8) is 0 Å². The Labute approximate surface area is 179 Å². The minimum atomic E-state index is -0.0486. The lowest BCUT2D eigenvalue weighted by molar-refractivity contribution is -0.119. The molecule has 0 unspecified atom stereocenters. The van der Waals surface area contributed by atoms with Crippen LogP contribution in [-0.2, 0) is 11.3 Å². The van der Waals surface area contributed by atoms with Gasteiger partial charge in [-0.2, -0.15) is 0 Å². The van der Waals surface area contributed by atoms with E-state index in [1.54, 1.807) is 11.2 Å². The molecule has 2 aromatic carbocycles. The fourth-order valence-corrected chi connectivity index (χ4v) is 4.29. The molecule has 0 atom stereocenters. The second-order valence-electron chi connectivity index (χ2n) is 7.32. The van der Waals surface area contributed by atoms with Gasteiger partial charge in [-0.25, -0.2) is 4.98 Å². The normalized spacial score (nSPS) is 11.2. The molecule has 4 aromatic rings. The first kappa shape index (κ1) is 20.2. The predicted octanol–water partition coefficient (Wildman–Crippen LogP) is 6.02. The number of hydrogen-bond acceptors (Lipinski definition) is 5. The average molecular weight is 421 g/mol. The second-order valence-corrected chi connectivity index (χ2v) is 8.32. The summed E-state index contributed by atoms with van der Waals surface area (Å²) in [7, 11) is 0. The summed E-state index contributed by atoms with van der Waals surface area (Å²) in [5, 5.41) is 0.680. The van der Waals surface area contributed by atoms with Crippen LogP contribution in [0.1, 0.15) is 37.5 Å². The van der Waals surface area contributed by atoms with Gasteiger partial charge in [-0.3, -0.25) is 9.69 Å². The number of para-hydroxylation sites is 2. The topological polar surface area (TPSA) is 55.6 Å². The number of furan rings is 1. The molecule has 0 spiro atoms. The highest BCUT2D eigenvalue weighted by atomic mass is 32.1. The van der Waals surface area contributed by atoms with Crippen LogP contribution in [0.5, 0.6) is 5.75 Å². The number of thiazole rings is 1. The molecule has 0 saturated heterocycles. The van der Waals surface area contributed by atoms with Crippen molar-refractivity contribution in [2.75, 3.05) is 11.5 Å². The smallest absolute Gasteiger partial charge is 0.232 e. The van der Waals surface area contributed by atoms with Gasteiger partial charge in [0.1, 0.15) is 11.5 Å². The Bertz CT molecular complexity index is 1100. The third-order valence-corrected chi connectivity index (χ3v) is 5.86. The van der Waals surface area contributed by atoms with E-state index < -0.39 is 0 Å². The molecule has 0 aliphatic heterocycles. The highest BCUT2D eigenvalue weighted by Gasteiger charge is 2.22. The van der Waals surface area contributed by atoms with E-state index in [4.69, 9.17) is 14.1 Å². The summed E-state index contributed by atoms with van der Waals surface area (Å²) in [6.07, 6.45) is 1.87. The van der Waals surface area contributed by atoms with Gasteiger partial charge in [0.05, 0.1) is 36.1 Å². The van der Waals surface area contributed by atoms with Crippen molar-refractivity contribution in [3.05, 3.63) is 78.3 Å². The predicted molar refractivity (Wildman–Crippen MR) is 120 cm³/mol. The molecular weight excluding hydrogens is 396 g/mol. The number of anilines is 1. The van der Waals surface area contributed by atoms with Crippen molar-refractivity contribution in [1.82, 2.24) is 4.98 Å². The molecule has 0 saturated carbocycles. The van der Waals surface area contributed by atoms with Crippen LogP contribution in [0, 0.1) is 0 Å². The maximum absolute atomic E-state index is 13.1. The largest absolute Gasteiger partial charge is 0.493 e. The fraction of sp³-hybridized carbons (Fsp3) is 0.250. The maximum Gasteiger partial charge on any atom is 0.232 e. The third kappa shape index (κ3) is 4.54. The molecule has 1 amide bonds. The van der Waals surface area contributed by atoms with Crippen molar-refractivity contribution in [1.29, 1.82) is 0 Å². The van der Waals surface area contributed by atoms with Crippen molar-refractivity contribution in [2.24, 2.45) is 0 Å². The van der Waals surface area contributed by atoms with Gasteiger partial charge in [-0.05, 0) is 41.8 Å². The van der Waals surface area contributed by atoms with E-state index in [1.165, 1.54) is 16.9 Å². The van der Waals surface area contributed by atoms with Gasteiger partial charge < -0.3 is 9.15 Å². The van der Waals surface area contributed by atoms with Gasteiger partial charge in [0.2, 0.25) is 5.91 Å². The second kappa shape index (κ2) is 9.13. The minimum absolute atomic E-state index is 0.0486. The first-order chi connectivity index (χ1) is 14.6. The summed E-state index contributed by atoms with van der Waals surface area (Å²) < 4.78 is 12.3. The average Bonchev–Trinajstić information content (AvgIpc) is 3.41. The highest BCUT2D eigenvalue weighted by molar-refractivity contribution is 7.22. The van der Waals surface area contributed by atoms with Crippen LogP contribution in [0.2, 0.25) is 0 Å². The van der Waals surface area contributed by atoms with Crippen molar-refractivity contribution < 1.29 is 13.9 Å². The molecule has 0 radical (unpaired) electrons. The van der Waals surface area contributed by atoms with E-state index in [0.29, 0.717) is 24.2 Å². The quantitative estimate of drug-likeness (QED) is 0.350. The molecule has 154 valence electrons. The van der Waals surface area contributed by atoms with E-state index in [-0.39, 0.29) is 12.3 Å². The zero-order valence-corrected chi connectivity index (χ0v) is 17.9. The monoisotopic (exact) mass is 420 g/mol. The van der Waals surface area contributed by atoms with Crippen LogP contribution in [0.15, 0.2) is 71.3 Å². The van der Waals surface area contributed by atoms with Gasteiger partial charge in [-0.15, -0.1) is 0 Å². The summed E-state index contributed by atoms with van der Waals surface area (Å²) in [6.45, 7) is 4.95. The van der Waals surface area contributed by atoms with Gasteiger partial charge >= 0.3 is 0 Å². The Morgan fingerprint density at radius 2 is 1.93 bits per heavy atom. The standard InChI is InChI=1S/C24H24N2O3S/c1-17(2)20-11-6-12-21-23(20)25-24(30-21)26(16-19-10-7-14-28-19)22(27)13-15-29-18-8-4-3-5-9-18/h3-12,14,17H,13,15-16H2,1-2H3. The molecule has 0 N–H and O–H groups in total. The summed E-state index contributed by atoms with van der Waals surface area (Å²) >= 11 is 1.53. The number of ether oxygens (including phenoxy) is 1. The van der Waals surface area contributed by atoms with Crippen molar-refractivity contribution in [3.8, 4) is 5.75 Å². The minimum Gasteiger partial charge on any atom is -0.493 e. The van der Waals surface area contributed by atoms with Crippen LogP contribution >= 0.6 is 11.3 Å². The Kier molecular flexibility index (Phi) is 6.14. The zero-order chi connectivity index (χ0) is 20.9. The Morgan fingerprint density at radius 1 is 1.10 bits per heavy atom. The van der Waals surface area contributed by atoms with E-state index >= 15 is 0 Å². The highest BCUT2D eigenvalue weighted by Crippen LogP contribution is 2.34. The molecule has 30 heavy (non-hydrogen) atoms. The number of carbonyl (C=O) groups is 1. The first-order valence-corrected chi connectivity index (χ1v) is 10.8. The lowest BCUT2D eigenvalue weighted by Gasteiger charge is -2.19. The number of benzene rings is 2. The summed E-state index contributed by atoms with van der Waals surface area (Å²) in [5.74, 6) is 1.78. The number of aromatic nitrogens is 1. The van der Waals surface area contributed by atoms with Crippen LogP contribution < -0.4 is 9.64 Å². The third-order valence-electron chi connectivity index (χ3n) is 4.81. The lowest BCUT2D eigenvalue weighted by atomic mass is 10.0. The maximum atomic E-state index is 13.1. The van der Waals surface area contributed by atoms with Crippen molar-refractivity contribution >= 4 is 32.6 Å². The molecular formula is C24H24N2O3S. The van der Waals surface area contributed by atoms with Gasteiger partial charge in [0.15, 0.2) is 5.13 Å². The first-order valence-electron chi connectivity index (χ1n) is 10.0. The van der Waals surface area contributed by atoms with Crippen LogP contribution in [-0.4, -0.2) is 17.5 Å². The van der Waals surface area contributed by atoms with Gasteiger partial charge in [0, 0.05) is 0 Å². The number of hydrogen-bond donors (Lipinski definition) is 0. The summed E-state index contributed by atoms with van der Waals surface area (Å²) in [6, 6.07) is 19.4. The van der Waals surface area contributed by atoms with Crippen LogP contribution in [0.4, 0.5) is 5.13 Å². The van der Waals surface area contributed by atoms with Crippen molar-refractivity contribution in [2.45, 2.75) is 32.7 Å². The SMILES string of the molecule is CC(C)c1cccc2sc(N(Cc3ccco3)C(=O)CCOc3ccccc3)nc12. The van der Waals surface area contributed by atoms with E-state index in [0.717, 1.165) is 21.7 Å². The molecule has 2 aromatic heterocycles. The lowest BCUT2D eigenvalue weighted by Crippen LogP contribution is -2.31. The van der Waals surface area contributed by atoms with E-state index in [2.05, 4.69) is 26.0 Å². The molecule has 0 bridgehead atoms. The molecule has 6 heteroatoms. The van der Waals surface area contributed by atoms with Crippen LogP contribution in [0.3, 0.4) is 0 Å². The molecule has 2 heterocycles. The Balaban J connectivity index is 1.57. The number of fused-ring (bicyclic) bond motifs is 1. The van der Waals surface area contributed by atoms with E-state index in [9.17, 15) is 4.79 Å². The van der Waals surface area contributed by atoms with Crippen LogP contribution in [0.25, 0.3) is 10.2 Å². The molecule has 4 rings (SSSR count). The number of carbonyl (C=O) groups excluding carboxylic acids is 1. The molecule has 0 aliphatic rings. The van der Waals surface area contributed by atoms with E-state index in [1.807, 2.05) is 48.5 Å². The molecule has 5 nitrogen and oxygen atoms in total. The number of rotatable bonds is 8. The van der Waals surface area contributed by atoms with Gasteiger partial charge in [-0.1, -0.05) is 55.5 Å². The summed E-state index contributed by atoms with van der Waals surface area (Å²) in [5.41, 5.74) is 2.15. The Morgan fingerprint density at radius 3 is 2.67 bits per heavy atom.